The second-order valence-electron chi connectivity index (χ2n) is 4.78. The van der Waals surface area contributed by atoms with Gasteiger partial charge >= 0.3 is 0 Å². The third kappa shape index (κ3) is 4.02. The van der Waals surface area contributed by atoms with Crippen LogP contribution < -0.4 is 0 Å². The summed E-state index contributed by atoms with van der Waals surface area (Å²) in [6, 6.07) is 6.21. The summed E-state index contributed by atoms with van der Waals surface area (Å²) in [6.07, 6.45) is 0. The molecule has 5 heteroatoms. The predicted octanol–water partition coefficient (Wildman–Crippen LogP) is 1.31. The van der Waals surface area contributed by atoms with Gasteiger partial charge in [-0.05, 0) is 31.7 Å². The zero-order chi connectivity index (χ0) is 13.7. The molecular formula is C14H21N3O2. The first-order chi connectivity index (χ1) is 9.19. The number of likely N-dealkylation sites (N-methyl/N-ethyl adjacent to an activating group) is 1. The van der Waals surface area contributed by atoms with Crippen LogP contribution in [0.3, 0.4) is 0 Å². The molecule has 104 valence electrons. The molecule has 1 heterocycles. The van der Waals surface area contributed by atoms with Crippen molar-refractivity contribution in [2.24, 2.45) is 0 Å². The van der Waals surface area contributed by atoms with Crippen LogP contribution in [0.25, 0.3) is 11.0 Å². The summed E-state index contributed by atoms with van der Waals surface area (Å²) in [5, 5.41) is 8.62. The van der Waals surface area contributed by atoms with Gasteiger partial charge in [-0.2, -0.15) is 0 Å². The molecule has 2 N–H and O–H groups in total. The topological polar surface area (TPSA) is 61.4 Å². The van der Waals surface area contributed by atoms with E-state index < -0.39 is 0 Å². The highest BCUT2D eigenvalue weighted by atomic mass is 16.5. The zero-order valence-electron chi connectivity index (χ0n) is 11.5. The Bertz CT molecular complexity index is 524. The van der Waals surface area contributed by atoms with Crippen molar-refractivity contribution in [2.75, 3.05) is 33.4 Å². The second kappa shape index (κ2) is 6.65. The minimum atomic E-state index is 0.0760. The lowest BCUT2D eigenvalue weighted by Crippen LogP contribution is -2.23. The average Bonchev–Trinajstić information content (AvgIpc) is 2.76. The van der Waals surface area contributed by atoms with Gasteiger partial charge in [-0.25, -0.2) is 4.98 Å². The van der Waals surface area contributed by atoms with E-state index in [0.717, 1.165) is 29.9 Å². The standard InChI is InChI=1S/C14H21N3O2/c1-11-3-4-12-13(9-11)16-14(15-12)10-17(2)5-7-19-8-6-18/h3-4,9,18H,5-8,10H2,1-2H3,(H,15,16). The van der Waals surface area contributed by atoms with E-state index >= 15 is 0 Å². The molecule has 0 spiro atoms. The largest absolute Gasteiger partial charge is 0.394 e. The number of imidazole rings is 1. The molecule has 0 fully saturated rings. The number of ether oxygens (including phenoxy) is 1. The Morgan fingerprint density at radius 3 is 3.00 bits per heavy atom. The van der Waals surface area contributed by atoms with E-state index in [1.807, 2.05) is 13.1 Å². The van der Waals surface area contributed by atoms with Gasteiger partial charge < -0.3 is 14.8 Å². The molecule has 0 saturated carbocycles. The number of hydrogen-bond acceptors (Lipinski definition) is 4. The fourth-order valence-electron chi connectivity index (χ4n) is 1.97. The van der Waals surface area contributed by atoms with Crippen LogP contribution in [0.1, 0.15) is 11.4 Å². The van der Waals surface area contributed by atoms with Crippen LogP contribution in [-0.2, 0) is 11.3 Å². The Hall–Kier alpha value is -1.43. The van der Waals surface area contributed by atoms with Crippen LogP contribution in [0.15, 0.2) is 18.2 Å². The maximum Gasteiger partial charge on any atom is 0.121 e. The van der Waals surface area contributed by atoms with Crippen molar-refractivity contribution < 1.29 is 9.84 Å². The Balaban J connectivity index is 1.89. The van der Waals surface area contributed by atoms with Gasteiger partial charge in [0.05, 0.1) is 37.4 Å². The van der Waals surface area contributed by atoms with Gasteiger partial charge in [-0.15, -0.1) is 0 Å². The van der Waals surface area contributed by atoms with E-state index in [-0.39, 0.29) is 6.61 Å². The minimum absolute atomic E-state index is 0.0760. The molecule has 0 radical (unpaired) electrons. The molecule has 0 saturated heterocycles. The van der Waals surface area contributed by atoms with Gasteiger partial charge in [0.25, 0.3) is 0 Å². The van der Waals surface area contributed by atoms with E-state index in [4.69, 9.17) is 9.84 Å². The number of H-pyrrole nitrogens is 1. The number of aromatic nitrogens is 2. The second-order valence-corrected chi connectivity index (χ2v) is 4.78. The Morgan fingerprint density at radius 1 is 1.37 bits per heavy atom. The summed E-state index contributed by atoms with van der Waals surface area (Å²) >= 11 is 0. The molecule has 1 aromatic carbocycles. The number of aryl methyl sites for hydroxylation is 1. The van der Waals surface area contributed by atoms with Crippen molar-refractivity contribution in [2.45, 2.75) is 13.5 Å². The molecule has 2 aromatic rings. The third-order valence-corrected chi connectivity index (χ3v) is 2.96. The highest BCUT2D eigenvalue weighted by molar-refractivity contribution is 5.75. The van der Waals surface area contributed by atoms with Crippen LogP contribution in [0.2, 0.25) is 0 Å². The van der Waals surface area contributed by atoms with E-state index in [9.17, 15) is 0 Å². The van der Waals surface area contributed by atoms with Crippen LogP contribution in [0, 0.1) is 6.92 Å². The molecule has 0 aliphatic heterocycles. The van der Waals surface area contributed by atoms with E-state index in [1.54, 1.807) is 0 Å². The highest BCUT2D eigenvalue weighted by Gasteiger charge is 2.06. The normalized spacial score (nSPS) is 11.6. The first-order valence-electron chi connectivity index (χ1n) is 6.51. The monoisotopic (exact) mass is 263 g/mol. The van der Waals surface area contributed by atoms with Crippen molar-refractivity contribution in [3.05, 3.63) is 29.6 Å². The summed E-state index contributed by atoms with van der Waals surface area (Å²) in [4.78, 5) is 10.0. The zero-order valence-corrected chi connectivity index (χ0v) is 11.5. The van der Waals surface area contributed by atoms with Gasteiger partial charge in [0.2, 0.25) is 0 Å². The minimum Gasteiger partial charge on any atom is -0.394 e. The van der Waals surface area contributed by atoms with Crippen molar-refractivity contribution in [3.8, 4) is 0 Å². The number of fused-ring (bicyclic) bond motifs is 1. The number of aliphatic hydroxyl groups excluding tert-OH is 1. The van der Waals surface area contributed by atoms with Crippen LogP contribution in [0.4, 0.5) is 0 Å². The Morgan fingerprint density at radius 2 is 2.21 bits per heavy atom. The number of hydrogen-bond donors (Lipinski definition) is 2. The maximum atomic E-state index is 8.62. The number of rotatable bonds is 7. The molecule has 2 rings (SSSR count). The number of aromatic amines is 1. The first kappa shape index (κ1) is 14.0. The number of nitrogens with zero attached hydrogens (tertiary/aromatic N) is 2. The van der Waals surface area contributed by atoms with Crippen LogP contribution in [0.5, 0.6) is 0 Å². The predicted molar refractivity (Wildman–Crippen MR) is 75.1 cm³/mol. The lowest BCUT2D eigenvalue weighted by atomic mass is 10.2. The summed E-state index contributed by atoms with van der Waals surface area (Å²) in [6.45, 7) is 4.75. The van der Waals surface area contributed by atoms with E-state index in [0.29, 0.717) is 13.2 Å². The lowest BCUT2D eigenvalue weighted by molar-refractivity contribution is 0.0769. The average molecular weight is 263 g/mol. The SMILES string of the molecule is Cc1ccc2nc(CN(C)CCOCCO)[nH]c2c1. The van der Waals surface area contributed by atoms with Gasteiger partial charge in [0, 0.05) is 6.54 Å². The van der Waals surface area contributed by atoms with Crippen molar-refractivity contribution >= 4 is 11.0 Å². The van der Waals surface area contributed by atoms with Crippen LogP contribution >= 0.6 is 0 Å². The quantitative estimate of drug-likeness (QED) is 0.739. The Labute approximate surface area is 113 Å². The number of aliphatic hydroxyl groups is 1. The van der Waals surface area contributed by atoms with Gasteiger partial charge in [-0.1, -0.05) is 6.07 Å². The molecule has 0 atom stereocenters. The van der Waals surface area contributed by atoms with E-state index in [1.165, 1.54) is 5.56 Å². The molecule has 0 bridgehead atoms. The number of nitrogens with one attached hydrogen (secondary N) is 1. The molecule has 19 heavy (non-hydrogen) atoms. The maximum absolute atomic E-state index is 8.62. The third-order valence-electron chi connectivity index (χ3n) is 2.96. The molecular weight excluding hydrogens is 242 g/mol. The first-order valence-corrected chi connectivity index (χ1v) is 6.51. The van der Waals surface area contributed by atoms with Gasteiger partial charge in [0.1, 0.15) is 5.82 Å². The summed E-state index contributed by atoms with van der Waals surface area (Å²) in [5.41, 5.74) is 3.32. The Kier molecular flexibility index (Phi) is 4.90. The van der Waals surface area contributed by atoms with Crippen LogP contribution in [-0.4, -0.2) is 53.4 Å². The van der Waals surface area contributed by atoms with Crippen molar-refractivity contribution in [1.82, 2.24) is 14.9 Å². The molecule has 5 nitrogen and oxygen atoms in total. The van der Waals surface area contributed by atoms with E-state index in [2.05, 4.69) is 33.9 Å². The fraction of sp³-hybridized carbons (Fsp3) is 0.500. The molecule has 0 aliphatic rings. The summed E-state index contributed by atoms with van der Waals surface area (Å²) in [7, 11) is 2.03. The molecule has 1 aromatic heterocycles. The molecule has 0 amide bonds. The van der Waals surface area contributed by atoms with Crippen molar-refractivity contribution in [1.29, 1.82) is 0 Å². The van der Waals surface area contributed by atoms with Gasteiger partial charge in [-0.3, -0.25) is 4.90 Å². The van der Waals surface area contributed by atoms with Gasteiger partial charge in [0.15, 0.2) is 0 Å². The number of benzene rings is 1. The summed E-state index contributed by atoms with van der Waals surface area (Å²) in [5.74, 6) is 0.963. The molecule has 0 unspecified atom stereocenters. The summed E-state index contributed by atoms with van der Waals surface area (Å²) < 4.78 is 5.24. The van der Waals surface area contributed by atoms with Crippen molar-refractivity contribution in [3.63, 3.8) is 0 Å². The smallest absolute Gasteiger partial charge is 0.121 e. The highest BCUT2D eigenvalue weighted by Crippen LogP contribution is 2.13. The molecule has 0 aliphatic carbocycles. The fourth-order valence-corrected chi connectivity index (χ4v) is 1.97. The lowest BCUT2D eigenvalue weighted by Gasteiger charge is -2.14.